The number of hydrogen-bond acceptors (Lipinski definition) is 3. The molecule has 0 spiro atoms. The highest BCUT2D eigenvalue weighted by molar-refractivity contribution is 9.11. The van der Waals surface area contributed by atoms with Gasteiger partial charge in [-0.2, -0.15) is 0 Å². The van der Waals surface area contributed by atoms with Crippen LogP contribution in [0, 0.1) is 5.92 Å². The third kappa shape index (κ3) is 3.59. The minimum Gasteiger partial charge on any atom is -0.497 e. The predicted molar refractivity (Wildman–Crippen MR) is 78.4 cm³/mol. The zero-order valence-corrected chi connectivity index (χ0v) is 12.9. The van der Waals surface area contributed by atoms with Crippen LogP contribution in [-0.4, -0.2) is 19.8 Å². The van der Waals surface area contributed by atoms with Crippen molar-refractivity contribution in [1.29, 1.82) is 0 Å². The second-order valence-electron chi connectivity index (χ2n) is 4.67. The topological polar surface area (TPSA) is 27.7 Å². The van der Waals surface area contributed by atoms with Crippen molar-refractivity contribution in [3.8, 4) is 5.75 Å². The van der Waals surface area contributed by atoms with Crippen molar-refractivity contribution in [2.45, 2.75) is 25.7 Å². The summed E-state index contributed by atoms with van der Waals surface area (Å²) in [6, 6.07) is 7.77. The van der Waals surface area contributed by atoms with E-state index in [-0.39, 0.29) is 18.3 Å². The molecule has 0 bridgehead atoms. The second kappa shape index (κ2) is 6.55. The fraction of sp³-hybridized carbons (Fsp3) is 0.467. The summed E-state index contributed by atoms with van der Waals surface area (Å²) in [6.45, 7) is 6.74. The summed E-state index contributed by atoms with van der Waals surface area (Å²) < 4.78 is 17.8. The average Bonchev–Trinajstić information content (AvgIpc) is 2.46. The maximum atomic E-state index is 6.02. The number of rotatable bonds is 4. The number of methoxy groups -OCH3 is 1. The van der Waals surface area contributed by atoms with Crippen LogP contribution >= 0.6 is 15.9 Å². The maximum Gasteiger partial charge on any atom is 0.184 e. The molecule has 0 N–H and O–H groups in total. The molecule has 0 aromatic heterocycles. The van der Waals surface area contributed by atoms with Crippen LogP contribution in [0.4, 0.5) is 0 Å². The van der Waals surface area contributed by atoms with Crippen LogP contribution in [0.2, 0.25) is 0 Å². The lowest BCUT2D eigenvalue weighted by Gasteiger charge is -2.33. The van der Waals surface area contributed by atoms with Crippen LogP contribution in [-0.2, 0) is 9.47 Å². The molecule has 1 aliphatic rings. The lowest BCUT2D eigenvalue weighted by molar-refractivity contribution is -0.224. The molecule has 2 rings (SSSR count). The Morgan fingerprint density at radius 1 is 1.42 bits per heavy atom. The van der Waals surface area contributed by atoms with E-state index in [2.05, 4.69) is 29.4 Å². The predicted octanol–water partition coefficient (Wildman–Crippen LogP) is 4.04. The van der Waals surface area contributed by atoms with Gasteiger partial charge in [-0.1, -0.05) is 41.6 Å². The van der Waals surface area contributed by atoms with Gasteiger partial charge >= 0.3 is 0 Å². The minimum absolute atomic E-state index is 0.132. The lowest BCUT2D eigenvalue weighted by atomic mass is 10.0. The number of hydrogen-bond donors (Lipinski definition) is 0. The third-order valence-electron chi connectivity index (χ3n) is 3.41. The van der Waals surface area contributed by atoms with Gasteiger partial charge in [-0.05, 0) is 23.0 Å². The van der Waals surface area contributed by atoms with Crippen molar-refractivity contribution in [2.75, 3.05) is 13.7 Å². The molecule has 3 nitrogen and oxygen atoms in total. The normalized spacial score (nSPS) is 24.8. The zero-order chi connectivity index (χ0) is 13.8. The van der Waals surface area contributed by atoms with Gasteiger partial charge in [-0.15, -0.1) is 0 Å². The highest BCUT2D eigenvalue weighted by Crippen LogP contribution is 2.33. The summed E-state index contributed by atoms with van der Waals surface area (Å²) in [7, 11) is 1.65. The number of benzene rings is 1. The molecule has 0 radical (unpaired) electrons. The van der Waals surface area contributed by atoms with Crippen LogP contribution in [0.15, 0.2) is 35.3 Å². The van der Waals surface area contributed by atoms with E-state index in [1.165, 1.54) is 0 Å². The smallest absolute Gasteiger partial charge is 0.184 e. The summed E-state index contributed by atoms with van der Waals surface area (Å²) in [5, 5.41) is 0. The Hall–Kier alpha value is -0.840. The molecule has 1 aromatic rings. The molecule has 1 fully saturated rings. The Morgan fingerprint density at radius 3 is 2.68 bits per heavy atom. The molecule has 4 heteroatoms. The second-order valence-corrected chi connectivity index (χ2v) is 5.69. The summed E-state index contributed by atoms with van der Waals surface area (Å²) in [5.41, 5.74) is 1.01. The van der Waals surface area contributed by atoms with Gasteiger partial charge in [0.2, 0.25) is 0 Å². The van der Waals surface area contributed by atoms with Crippen LogP contribution in [0.5, 0.6) is 5.75 Å². The van der Waals surface area contributed by atoms with Gasteiger partial charge in [0.1, 0.15) is 5.75 Å². The molecule has 1 aromatic carbocycles. The van der Waals surface area contributed by atoms with E-state index in [1.807, 2.05) is 24.3 Å². The van der Waals surface area contributed by atoms with Gasteiger partial charge in [0.15, 0.2) is 6.29 Å². The number of halogens is 1. The van der Waals surface area contributed by atoms with Gasteiger partial charge < -0.3 is 14.2 Å². The van der Waals surface area contributed by atoms with Crippen molar-refractivity contribution < 1.29 is 14.2 Å². The van der Waals surface area contributed by atoms with Crippen molar-refractivity contribution in [3.63, 3.8) is 0 Å². The SMILES string of the molecule is C=C(Br)[C@H](C)[C@@H]1CCO[C@H](c2ccc(OC)cc2)O1. The molecule has 0 amide bonds. The Balaban J connectivity index is 2.05. The van der Waals surface area contributed by atoms with Crippen molar-refractivity contribution in [1.82, 2.24) is 0 Å². The first-order valence-electron chi connectivity index (χ1n) is 6.37. The Bertz CT molecular complexity index is 430. The van der Waals surface area contributed by atoms with Gasteiger partial charge in [-0.25, -0.2) is 0 Å². The van der Waals surface area contributed by atoms with Crippen LogP contribution in [0.1, 0.15) is 25.2 Å². The lowest BCUT2D eigenvalue weighted by Crippen LogP contribution is -2.31. The fourth-order valence-corrected chi connectivity index (χ4v) is 2.36. The molecule has 0 unspecified atom stereocenters. The van der Waals surface area contributed by atoms with E-state index in [9.17, 15) is 0 Å². The van der Waals surface area contributed by atoms with Gasteiger partial charge in [-0.3, -0.25) is 0 Å². The Labute approximate surface area is 122 Å². The maximum absolute atomic E-state index is 6.02. The molecule has 1 aliphatic heterocycles. The standard InChI is InChI=1S/C15H19BrO3/c1-10(11(2)16)14-8-9-18-15(19-14)12-4-6-13(17-3)7-5-12/h4-7,10,14-15H,2,8-9H2,1,3H3/t10-,14-,15-/m0/s1. The third-order valence-corrected chi connectivity index (χ3v) is 4.13. The molecule has 0 aliphatic carbocycles. The van der Waals surface area contributed by atoms with Crippen LogP contribution < -0.4 is 4.74 Å². The Morgan fingerprint density at radius 2 is 2.11 bits per heavy atom. The van der Waals surface area contributed by atoms with Gasteiger partial charge in [0.25, 0.3) is 0 Å². The molecule has 3 atom stereocenters. The largest absolute Gasteiger partial charge is 0.497 e. The average molecular weight is 327 g/mol. The van der Waals surface area contributed by atoms with Crippen LogP contribution in [0.25, 0.3) is 0 Å². The molecule has 1 saturated heterocycles. The first-order chi connectivity index (χ1) is 9.11. The molecular weight excluding hydrogens is 308 g/mol. The van der Waals surface area contributed by atoms with Crippen molar-refractivity contribution >= 4 is 15.9 Å². The van der Waals surface area contributed by atoms with E-state index < -0.39 is 0 Å². The minimum atomic E-state index is -0.307. The van der Waals surface area contributed by atoms with Crippen molar-refractivity contribution in [3.05, 3.63) is 40.9 Å². The summed E-state index contributed by atoms with van der Waals surface area (Å²) >= 11 is 3.44. The van der Waals surface area contributed by atoms with E-state index in [0.29, 0.717) is 6.61 Å². The van der Waals surface area contributed by atoms with E-state index in [4.69, 9.17) is 14.2 Å². The summed E-state index contributed by atoms with van der Waals surface area (Å²) in [4.78, 5) is 0. The van der Waals surface area contributed by atoms with E-state index in [1.54, 1.807) is 7.11 Å². The monoisotopic (exact) mass is 326 g/mol. The first-order valence-corrected chi connectivity index (χ1v) is 7.16. The van der Waals surface area contributed by atoms with Crippen molar-refractivity contribution in [2.24, 2.45) is 5.92 Å². The summed E-state index contributed by atoms with van der Waals surface area (Å²) in [6.07, 6.45) is 0.713. The van der Waals surface area contributed by atoms with Gasteiger partial charge in [0.05, 0.1) is 19.8 Å². The Kier molecular flexibility index (Phi) is 5.02. The van der Waals surface area contributed by atoms with E-state index >= 15 is 0 Å². The molecule has 1 heterocycles. The fourth-order valence-electron chi connectivity index (χ4n) is 2.06. The summed E-state index contributed by atoms with van der Waals surface area (Å²) in [5.74, 6) is 1.10. The van der Waals surface area contributed by atoms with Gasteiger partial charge in [0, 0.05) is 11.5 Å². The van der Waals surface area contributed by atoms with Crippen LogP contribution in [0.3, 0.4) is 0 Å². The quantitative estimate of drug-likeness (QED) is 0.835. The molecule has 104 valence electrons. The molecule has 19 heavy (non-hydrogen) atoms. The van der Waals surface area contributed by atoms with E-state index in [0.717, 1.165) is 22.2 Å². The molecule has 0 saturated carbocycles. The first kappa shape index (κ1) is 14.6. The highest BCUT2D eigenvalue weighted by Gasteiger charge is 2.28. The number of ether oxygens (including phenoxy) is 3. The zero-order valence-electron chi connectivity index (χ0n) is 11.3. The molecular formula is C15H19BrO3. The highest BCUT2D eigenvalue weighted by atomic mass is 79.9.